The summed E-state index contributed by atoms with van der Waals surface area (Å²) in [5, 5.41) is 7.90. The van der Waals surface area contributed by atoms with E-state index < -0.39 is 0 Å². The molecule has 10 rings (SSSR count). The van der Waals surface area contributed by atoms with Crippen LogP contribution in [0.25, 0.3) is 88.0 Å². The average molecular weight is 571 g/mol. The fourth-order valence-corrected chi connectivity index (χ4v) is 8.45. The lowest BCUT2D eigenvalue weighted by atomic mass is 9.80. The molecule has 0 saturated carbocycles. The van der Waals surface area contributed by atoms with Crippen molar-refractivity contribution in [3.8, 4) is 55.6 Å². The highest BCUT2D eigenvalue weighted by atomic mass is 14.4. The van der Waals surface area contributed by atoms with Gasteiger partial charge in [-0.25, -0.2) is 0 Å². The van der Waals surface area contributed by atoms with E-state index in [1.165, 1.54) is 99.1 Å². The van der Waals surface area contributed by atoms with Gasteiger partial charge in [0, 0.05) is 5.41 Å². The third-order valence-electron chi connectivity index (χ3n) is 10.6. The molecular formula is C45H30. The van der Waals surface area contributed by atoms with Gasteiger partial charge in [-0.15, -0.1) is 0 Å². The predicted molar refractivity (Wildman–Crippen MR) is 192 cm³/mol. The number of hydrogen-bond donors (Lipinski definition) is 0. The third-order valence-corrected chi connectivity index (χ3v) is 10.6. The fourth-order valence-electron chi connectivity index (χ4n) is 8.45. The van der Waals surface area contributed by atoms with Gasteiger partial charge in [-0.1, -0.05) is 141 Å². The van der Waals surface area contributed by atoms with Gasteiger partial charge in [0.25, 0.3) is 0 Å². The second-order valence-electron chi connectivity index (χ2n) is 13.3. The lowest BCUT2D eigenvalue weighted by Crippen LogP contribution is -2.15. The summed E-state index contributed by atoms with van der Waals surface area (Å²) in [6.07, 6.45) is 0. The first-order valence-electron chi connectivity index (χ1n) is 15.9. The maximum absolute atomic E-state index is 2.47. The second kappa shape index (κ2) is 8.80. The quantitative estimate of drug-likeness (QED) is 0.181. The van der Waals surface area contributed by atoms with E-state index in [0.29, 0.717) is 0 Å². The van der Waals surface area contributed by atoms with Crippen molar-refractivity contribution in [2.45, 2.75) is 19.3 Å². The normalized spacial score (nSPS) is 13.7. The monoisotopic (exact) mass is 570 g/mol. The molecule has 0 N–H and O–H groups in total. The van der Waals surface area contributed by atoms with E-state index in [0.717, 1.165) is 0 Å². The Morgan fingerprint density at radius 3 is 1.53 bits per heavy atom. The Bertz CT molecular complexity index is 2480. The van der Waals surface area contributed by atoms with E-state index in [4.69, 9.17) is 0 Å². The highest BCUT2D eigenvalue weighted by Gasteiger charge is 2.36. The van der Waals surface area contributed by atoms with Crippen LogP contribution < -0.4 is 0 Å². The van der Waals surface area contributed by atoms with Crippen LogP contribution >= 0.6 is 0 Å². The Morgan fingerprint density at radius 1 is 0.356 bits per heavy atom. The molecule has 210 valence electrons. The average Bonchev–Trinajstić information content (AvgIpc) is 3.53. The molecule has 2 aliphatic carbocycles. The topological polar surface area (TPSA) is 0 Å². The molecule has 2 aliphatic rings. The van der Waals surface area contributed by atoms with Crippen molar-refractivity contribution in [3.05, 3.63) is 157 Å². The lowest BCUT2D eigenvalue weighted by Gasteiger charge is -2.23. The number of benzene rings is 8. The van der Waals surface area contributed by atoms with Crippen molar-refractivity contribution in [1.82, 2.24) is 0 Å². The summed E-state index contributed by atoms with van der Waals surface area (Å²) in [5.74, 6) is 0. The van der Waals surface area contributed by atoms with Crippen molar-refractivity contribution < 1.29 is 0 Å². The van der Waals surface area contributed by atoms with Gasteiger partial charge < -0.3 is 0 Å². The van der Waals surface area contributed by atoms with Crippen molar-refractivity contribution >= 4 is 32.3 Å². The third kappa shape index (κ3) is 3.32. The minimum Gasteiger partial charge on any atom is -0.0616 e. The molecule has 0 atom stereocenters. The molecule has 0 saturated heterocycles. The first-order chi connectivity index (χ1) is 22.1. The van der Waals surface area contributed by atoms with Crippen LogP contribution in [0.5, 0.6) is 0 Å². The summed E-state index contributed by atoms with van der Waals surface area (Å²) in [4.78, 5) is 0. The highest BCUT2D eigenvalue weighted by molar-refractivity contribution is 6.19. The summed E-state index contributed by atoms with van der Waals surface area (Å²) in [6, 6.07) is 54.6. The van der Waals surface area contributed by atoms with Crippen LogP contribution in [0.4, 0.5) is 0 Å². The van der Waals surface area contributed by atoms with Crippen LogP contribution in [0.3, 0.4) is 0 Å². The molecule has 0 aromatic heterocycles. The van der Waals surface area contributed by atoms with E-state index in [1.54, 1.807) is 0 Å². The minimum absolute atomic E-state index is 0.123. The Kier molecular flexibility index (Phi) is 4.88. The highest BCUT2D eigenvalue weighted by Crippen LogP contribution is 2.53. The summed E-state index contributed by atoms with van der Waals surface area (Å²) < 4.78 is 0. The SMILES string of the molecule is CC1(C)c2cc(-c3c4ccccc4cc4ccccc34)ccc2-c2ccc(-c3ccc4c5c(cccc35)-c3ccccc3-4)cc21. The zero-order valence-corrected chi connectivity index (χ0v) is 25.4. The van der Waals surface area contributed by atoms with Crippen molar-refractivity contribution in [1.29, 1.82) is 0 Å². The van der Waals surface area contributed by atoms with Gasteiger partial charge in [0.05, 0.1) is 0 Å². The lowest BCUT2D eigenvalue weighted by molar-refractivity contribution is 0.661. The Morgan fingerprint density at radius 2 is 0.844 bits per heavy atom. The Balaban J connectivity index is 1.14. The van der Waals surface area contributed by atoms with Crippen LogP contribution in [0, 0.1) is 0 Å². The molecule has 0 bridgehead atoms. The van der Waals surface area contributed by atoms with E-state index in [-0.39, 0.29) is 5.41 Å². The maximum Gasteiger partial charge on any atom is 0.0159 e. The van der Waals surface area contributed by atoms with Gasteiger partial charge >= 0.3 is 0 Å². The molecule has 45 heavy (non-hydrogen) atoms. The number of hydrogen-bond acceptors (Lipinski definition) is 0. The first-order valence-corrected chi connectivity index (χ1v) is 15.9. The fraction of sp³-hybridized carbons (Fsp3) is 0.0667. The summed E-state index contributed by atoms with van der Waals surface area (Å²) in [5.41, 5.74) is 16.0. The largest absolute Gasteiger partial charge is 0.0616 e. The van der Waals surface area contributed by atoms with Gasteiger partial charge in [-0.05, 0) is 117 Å². The molecule has 0 spiro atoms. The van der Waals surface area contributed by atoms with Crippen molar-refractivity contribution in [3.63, 3.8) is 0 Å². The van der Waals surface area contributed by atoms with Crippen LogP contribution in [0.15, 0.2) is 146 Å². The molecule has 0 amide bonds. The number of rotatable bonds is 2. The standard InChI is InChI=1S/C45H30/c1-45(2)41-25-29(31-22-23-40-35-15-8-7-14-34(35)39-17-9-16-38(31)44(39)40)18-20-36(41)37-21-19-30(26-42(37)45)43-32-12-5-3-10-27(32)24-28-11-4-6-13-33(28)43/h3-26H,1-2H3. The number of fused-ring (bicyclic) bond motifs is 8. The van der Waals surface area contributed by atoms with E-state index in [9.17, 15) is 0 Å². The van der Waals surface area contributed by atoms with E-state index in [2.05, 4.69) is 159 Å². The summed E-state index contributed by atoms with van der Waals surface area (Å²) >= 11 is 0. The second-order valence-corrected chi connectivity index (χ2v) is 13.3. The molecule has 0 fully saturated rings. The van der Waals surface area contributed by atoms with Crippen LogP contribution in [0.1, 0.15) is 25.0 Å². The molecule has 8 aromatic carbocycles. The molecular weight excluding hydrogens is 540 g/mol. The molecule has 0 unspecified atom stereocenters. The van der Waals surface area contributed by atoms with Gasteiger partial charge in [0.1, 0.15) is 0 Å². The molecule has 0 nitrogen and oxygen atoms in total. The minimum atomic E-state index is -0.123. The smallest absolute Gasteiger partial charge is 0.0159 e. The zero-order valence-electron chi connectivity index (χ0n) is 25.4. The Labute approximate surface area is 263 Å². The maximum atomic E-state index is 2.47. The van der Waals surface area contributed by atoms with Gasteiger partial charge in [-0.3, -0.25) is 0 Å². The zero-order chi connectivity index (χ0) is 29.9. The van der Waals surface area contributed by atoms with Crippen molar-refractivity contribution in [2.75, 3.05) is 0 Å². The van der Waals surface area contributed by atoms with Gasteiger partial charge in [-0.2, -0.15) is 0 Å². The summed E-state index contributed by atoms with van der Waals surface area (Å²) in [6.45, 7) is 4.80. The molecule has 0 heteroatoms. The van der Waals surface area contributed by atoms with Crippen LogP contribution in [-0.4, -0.2) is 0 Å². The first kappa shape index (κ1) is 24.9. The molecule has 8 aromatic rings. The Hall–Kier alpha value is -5.46. The molecule has 0 heterocycles. The van der Waals surface area contributed by atoms with E-state index in [1.807, 2.05) is 0 Å². The molecule has 0 aliphatic heterocycles. The van der Waals surface area contributed by atoms with Gasteiger partial charge in [0.15, 0.2) is 0 Å². The van der Waals surface area contributed by atoms with Crippen molar-refractivity contribution in [2.24, 2.45) is 0 Å². The van der Waals surface area contributed by atoms with Crippen LogP contribution in [0.2, 0.25) is 0 Å². The summed E-state index contributed by atoms with van der Waals surface area (Å²) in [7, 11) is 0. The van der Waals surface area contributed by atoms with Crippen LogP contribution in [-0.2, 0) is 5.41 Å². The van der Waals surface area contributed by atoms with Gasteiger partial charge in [0.2, 0.25) is 0 Å². The van der Waals surface area contributed by atoms with E-state index >= 15 is 0 Å². The predicted octanol–water partition coefficient (Wildman–Crippen LogP) is 12.4. The molecule has 0 radical (unpaired) electrons.